The van der Waals surface area contributed by atoms with Crippen LogP contribution in [0, 0.1) is 13.8 Å². The SMILES string of the molecule is CCOP(=O)(O)CC(c1cc(C)c(O)cc1C(C)C)c1cc(C)c(O)cc1C(C)C. The Morgan fingerprint density at radius 2 is 1.23 bits per heavy atom. The van der Waals surface area contributed by atoms with E-state index in [1.807, 2.05) is 53.7 Å². The summed E-state index contributed by atoms with van der Waals surface area (Å²) in [5.74, 6) is 0.230. The van der Waals surface area contributed by atoms with Crippen LogP contribution in [0.4, 0.5) is 0 Å². The first-order chi connectivity index (χ1) is 13.9. The number of hydrogen-bond donors (Lipinski definition) is 3. The lowest BCUT2D eigenvalue weighted by Gasteiger charge is -2.28. The molecule has 0 aliphatic carbocycles. The van der Waals surface area contributed by atoms with Crippen LogP contribution in [0.25, 0.3) is 0 Å². The van der Waals surface area contributed by atoms with E-state index in [0.717, 1.165) is 22.3 Å². The first kappa shape index (κ1) is 24.5. The van der Waals surface area contributed by atoms with Gasteiger partial charge in [0, 0.05) is 5.92 Å². The Morgan fingerprint density at radius 3 is 1.57 bits per heavy atom. The van der Waals surface area contributed by atoms with E-state index in [9.17, 15) is 19.7 Å². The van der Waals surface area contributed by atoms with Crippen LogP contribution in [-0.4, -0.2) is 27.9 Å². The van der Waals surface area contributed by atoms with Gasteiger partial charge in [-0.05, 0) is 78.1 Å². The van der Waals surface area contributed by atoms with Gasteiger partial charge in [-0.1, -0.05) is 39.8 Å². The monoisotopic (exact) mass is 434 g/mol. The van der Waals surface area contributed by atoms with Crippen LogP contribution in [0.2, 0.25) is 0 Å². The Bertz CT molecular complexity index is 886. The molecule has 6 heteroatoms. The van der Waals surface area contributed by atoms with Gasteiger partial charge in [-0.15, -0.1) is 0 Å². The molecule has 0 aliphatic heterocycles. The summed E-state index contributed by atoms with van der Waals surface area (Å²) in [5.41, 5.74) is 5.10. The van der Waals surface area contributed by atoms with Gasteiger partial charge in [-0.2, -0.15) is 0 Å². The fraction of sp³-hybridized carbons (Fsp3) is 0.500. The predicted octanol–water partition coefficient (Wildman–Crippen LogP) is 6.32. The maximum atomic E-state index is 12.9. The molecule has 0 saturated heterocycles. The summed E-state index contributed by atoms with van der Waals surface area (Å²) in [7, 11) is -3.86. The van der Waals surface area contributed by atoms with Crippen molar-refractivity contribution in [2.24, 2.45) is 0 Å². The fourth-order valence-corrected chi connectivity index (χ4v) is 5.29. The average Bonchev–Trinajstić information content (AvgIpc) is 2.63. The second-order valence-electron chi connectivity index (χ2n) is 8.64. The van der Waals surface area contributed by atoms with Gasteiger partial charge in [0.2, 0.25) is 0 Å². The summed E-state index contributed by atoms with van der Waals surface area (Å²) in [6.45, 7) is 13.7. The van der Waals surface area contributed by atoms with Gasteiger partial charge in [-0.25, -0.2) is 0 Å². The van der Waals surface area contributed by atoms with Crippen molar-refractivity contribution in [3.05, 3.63) is 57.6 Å². The summed E-state index contributed by atoms with van der Waals surface area (Å²) in [6, 6.07) is 7.34. The van der Waals surface area contributed by atoms with E-state index in [1.165, 1.54) is 0 Å². The Hall–Kier alpha value is -1.81. The minimum absolute atomic E-state index is 0.0747. The summed E-state index contributed by atoms with van der Waals surface area (Å²) < 4.78 is 18.1. The van der Waals surface area contributed by atoms with Gasteiger partial charge in [0.05, 0.1) is 12.8 Å². The van der Waals surface area contributed by atoms with E-state index in [4.69, 9.17) is 4.52 Å². The van der Waals surface area contributed by atoms with Crippen molar-refractivity contribution in [1.82, 2.24) is 0 Å². The van der Waals surface area contributed by atoms with E-state index in [0.29, 0.717) is 11.1 Å². The minimum atomic E-state index is -3.86. The third kappa shape index (κ3) is 5.46. The topological polar surface area (TPSA) is 87.0 Å². The molecule has 30 heavy (non-hydrogen) atoms. The molecule has 1 unspecified atom stereocenters. The fourth-order valence-electron chi connectivity index (χ4n) is 3.92. The van der Waals surface area contributed by atoms with Crippen molar-refractivity contribution in [3.8, 4) is 11.5 Å². The zero-order valence-electron chi connectivity index (χ0n) is 19.1. The van der Waals surface area contributed by atoms with Gasteiger partial charge >= 0.3 is 7.60 Å². The van der Waals surface area contributed by atoms with Crippen LogP contribution >= 0.6 is 7.60 Å². The van der Waals surface area contributed by atoms with E-state index in [1.54, 1.807) is 19.1 Å². The molecular formula is C24H35O5P. The lowest BCUT2D eigenvalue weighted by atomic mass is 9.80. The second kappa shape index (κ2) is 9.55. The zero-order valence-corrected chi connectivity index (χ0v) is 20.0. The quantitative estimate of drug-likeness (QED) is 0.424. The summed E-state index contributed by atoms with van der Waals surface area (Å²) in [4.78, 5) is 10.5. The van der Waals surface area contributed by atoms with Gasteiger partial charge in [-0.3, -0.25) is 4.57 Å². The highest BCUT2D eigenvalue weighted by molar-refractivity contribution is 7.52. The number of aromatic hydroxyl groups is 2. The highest BCUT2D eigenvalue weighted by atomic mass is 31.2. The molecule has 0 radical (unpaired) electrons. The molecule has 0 spiro atoms. The Morgan fingerprint density at radius 1 is 0.833 bits per heavy atom. The Labute approximate surface area is 180 Å². The molecule has 0 aliphatic rings. The highest BCUT2D eigenvalue weighted by Crippen LogP contribution is 2.50. The molecular weight excluding hydrogens is 399 g/mol. The maximum absolute atomic E-state index is 12.9. The molecule has 0 aromatic heterocycles. The summed E-state index contributed by atoms with van der Waals surface area (Å²) in [5, 5.41) is 20.6. The highest BCUT2D eigenvalue weighted by Gasteiger charge is 2.32. The van der Waals surface area contributed by atoms with Crippen LogP contribution in [0.15, 0.2) is 24.3 Å². The first-order valence-corrected chi connectivity index (χ1v) is 12.3. The molecule has 0 amide bonds. The first-order valence-electron chi connectivity index (χ1n) is 10.5. The van der Waals surface area contributed by atoms with Crippen molar-refractivity contribution in [1.29, 1.82) is 0 Å². The third-order valence-corrected chi connectivity index (χ3v) is 7.03. The molecule has 0 bridgehead atoms. The zero-order chi connectivity index (χ0) is 22.8. The smallest absolute Gasteiger partial charge is 0.329 e. The van der Waals surface area contributed by atoms with Crippen molar-refractivity contribution in [2.75, 3.05) is 12.8 Å². The number of phenols is 2. The van der Waals surface area contributed by atoms with E-state index < -0.39 is 13.5 Å². The molecule has 3 N–H and O–H groups in total. The van der Waals surface area contributed by atoms with Gasteiger partial charge in [0.15, 0.2) is 0 Å². The molecule has 0 heterocycles. The number of aryl methyl sites for hydroxylation is 2. The number of rotatable bonds is 8. The van der Waals surface area contributed by atoms with E-state index in [2.05, 4.69) is 0 Å². The van der Waals surface area contributed by atoms with Crippen LogP contribution in [-0.2, 0) is 9.09 Å². The Kier molecular flexibility index (Phi) is 7.79. The molecule has 0 fully saturated rings. The molecule has 0 saturated carbocycles. The number of phenolic OH excluding ortho intramolecular Hbond substituents is 2. The van der Waals surface area contributed by atoms with E-state index in [-0.39, 0.29) is 36.1 Å². The largest absolute Gasteiger partial charge is 0.508 e. The van der Waals surface area contributed by atoms with Crippen LogP contribution in [0.3, 0.4) is 0 Å². The van der Waals surface area contributed by atoms with Crippen molar-refractivity contribution in [3.63, 3.8) is 0 Å². The second-order valence-corrected chi connectivity index (χ2v) is 10.5. The average molecular weight is 435 g/mol. The molecule has 2 aromatic rings. The predicted molar refractivity (Wildman–Crippen MR) is 122 cm³/mol. The van der Waals surface area contributed by atoms with Crippen LogP contribution in [0.1, 0.15) is 85.8 Å². The Balaban J connectivity index is 2.84. The third-order valence-electron chi connectivity index (χ3n) is 5.54. The number of hydrogen-bond acceptors (Lipinski definition) is 4. The summed E-state index contributed by atoms with van der Waals surface area (Å²) >= 11 is 0. The van der Waals surface area contributed by atoms with Gasteiger partial charge < -0.3 is 19.6 Å². The molecule has 5 nitrogen and oxygen atoms in total. The number of benzene rings is 2. The summed E-state index contributed by atoms with van der Waals surface area (Å²) in [6.07, 6.45) is -0.0747. The van der Waals surface area contributed by atoms with Gasteiger partial charge in [0.25, 0.3) is 0 Å². The molecule has 1 atom stereocenters. The van der Waals surface area contributed by atoms with Crippen molar-refractivity contribution in [2.45, 2.75) is 66.2 Å². The molecule has 2 rings (SSSR count). The van der Waals surface area contributed by atoms with Crippen molar-refractivity contribution < 1.29 is 24.2 Å². The van der Waals surface area contributed by atoms with Crippen molar-refractivity contribution >= 4 is 7.60 Å². The molecule has 2 aromatic carbocycles. The van der Waals surface area contributed by atoms with Crippen LogP contribution < -0.4 is 0 Å². The van der Waals surface area contributed by atoms with Crippen LogP contribution in [0.5, 0.6) is 11.5 Å². The molecule has 166 valence electrons. The lowest BCUT2D eigenvalue weighted by molar-refractivity contribution is 0.272. The minimum Gasteiger partial charge on any atom is -0.508 e. The standard InChI is InChI=1S/C24H35O5P/c1-8-29-30(27,28)13-22(20-9-16(6)23(25)11-18(20)14(2)3)21-10-17(7)24(26)12-19(21)15(4)5/h9-12,14-15,22,25-26H,8,13H2,1-7H3,(H,27,28). The lowest BCUT2D eigenvalue weighted by Crippen LogP contribution is -2.15. The van der Waals surface area contributed by atoms with Gasteiger partial charge in [0.1, 0.15) is 11.5 Å². The normalized spacial score (nSPS) is 14.0. The maximum Gasteiger partial charge on any atom is 0.329 e. The van der Waals surface area contributed by atoms with E-state index >= 15 is 0 Å².